The second-order valence-electron chi connectivity index (χ2n) is 4.36. The third-order valence-electron chi connectivity index (χ3n) is 2.96. The summed E-state index contributed by atoms with van der Waals surface area (Å²) < 4.78 is 0. The summed E-state index contributed by atoms with van der Waals surface area (Å²) in [4.78, 5) is 0. The standard InChI is InChI=1S/C10H19O/c1-7(2)9-5-4-8(3)6-10(9)11/h7-10H,4-6H2,1-3H3. The highest BCUT2D eigenvalue weighted by atomic mass is 16.3. The fraction of sp³-hybridized carbons (Fsp3) is 1.00. The van der Waals surface area contributed by atoms with Crippen molar-refractivity contribution in [1.82, 2.24) is 0 Å². The summed E-state index contributed by atoms with van der Waals surface area (Å²) in [7, 11) is 0. The van der Waals surface area contributed by atoms with Gasteiger partial charge in [0.15, 0.2) is 0 Å². The van der Waals surface area contributed by atoms with E-state index in [1.54, 1.807) is 0 Å². The molecule has 0 aromatic carbocycles. The molecule has 0 spiro atoms. The van der Waals surface area contributed by atoms with Crippen molar-refractivity contribution in [2.24, 2.45) is 17.8 Å². The summed E-state index contributed by atoms with van der Waals surface area (Å²) in [5.41, 5.74) is 0. The van der Waals surface area contributed by atoms with Gasteiger partial charge in [0.05, 0.1) is 6.10 Å². The molecule has 0 saturated heterocycles. The smallest absolute Gasteiger partial charge is 0.0963 e. The summed E-state index contributed by atoms with van der Waals surface area (Å²) in [6, 6.07) is 0. The summed E-state index contributed by atoms with van der Waals surface area (Å²) in [6.07, 6.45) is 3.05. The number of rotatable bonds is 1. The van der Waals surface area contributed by atoms with Gasteiger partial charge in [-0.1, -0.05) is 27.2 Å². The SMILES string of the molecule is CC1CCC(C(C)C)C([O])C1. The number of hydrogen-bond acceptors (Lipinski definition) is 0. The molecular weight excluding hydrogens is 136 g/mol. The molecular formula is C10H19O. The normalized spacial score (nSPS) is 39.5. The van der Waals surface area contributed by atoms with Crippen LogP contribution >= 0.6 is 0 Å². The van der Waals surface area contributed by atoms with Gasteiger partial charge in [-0.15, -0.1) is 0 Å². The first-order valence-electron chi connectivity index (χ1n) is 4.77. The minimum absolute atomic E-state index is 0.279. The third kappa shape index (κ3) is 2.19. The Bertz CT molecular complexity index is 120. The summed E-state index contributed by atoms with van der Waals surface area (Å²) in [5, 5.41) is 11.5. The maximum atomic E-state index is 11.5. The van der Waals surface area contributed by atoms with E-state index in [1.165, 1.54) is 6.42 Å². The molecule has 1 radical (unpaired) electrons. The molecule has 1 nitrogen and oxygen atoms in total. The van der Waals surface area contributed by atoms with Crippen LogP contribution in [0, 0.1) is 17.8 Å². The Morgan fingerprint density at radius 3 is 2.36 bits per heavy atom. The first kappa shape index (κ1) is 9.05. The first-order chi connectivity index (χ1) is 5.11. The predicted molar refractivity (Wildman–Crippen MR) is 45.8 cm³/mol. The van der Waals surface area contributed by atoms with Crippen LogP contribution in [0.1, 0.15) is 40.0 Å². The molecule has 3 unspecified atom stereocenters. The minimum atomic E-state index is -0.279. The van der Waals surface area contributed by atoms with E-state index in [9.17, 15) is 5.11 Å². The van der Waals surface area contributed by atoms with E-state index in [0.29, 0.717) is 17.8 Å². The van der Waals surface area contributed by atoms with E-state index < -0.39 is 0 Å². The molecule has 11 heavy (non-hydrogen) atoms. The van der Waals surface area contributed by atoms with E-state index >= 15 is 0 Å². The Kier molecular flexibility index (Phi) is 2.94. The van der Waals surface area contributed by atoms with Gasteiger partial charge in [-0.3, -0.25) is 0 Å². The molecule has 0 aliphatic heterocycles. The minimum Gasteiger partial charge on any atom is -0.233 e. The topological polar surface area (TPSA) is 19.9 Å². The van der Waals surface area contributed by atoms with Gasteiger partial charge in [-0.2, -0.15) is 0 Å². The Morgan fingerprint density at radius 1 is 1.27 bits per heavy atom. The molecule has 1 rings (SSSR count). The molecule has 65 valence electrons. The molecule has 0 heterocycles. The van der Waals surface area contributed by atoms with Crippen molar-refractivity contribution < 1.29 is 5.11 Å². The zero-order valence-corrected chi connectivity index (χ0v) is 7.84. The molecule has 0 aromatic heterocycles. The van der Waals surface area contributed by atoms with Gasteiger partial charge in [0.25, 0.3) is 0 Å². The van der Waals surface area contributed by atoms with Crippen molar-refractivity contribution in [2.45, 2.75) is 46.1 Å². The highest BCUT2D eigenvalue weighted by Crippen LogP contribution is 2.33. The quantitative estimate of drug-likeness (QED) is 0.555. The van der Waals surface area contributed by atoms with Crippen LogP contribution in [0.15, 0.2) is 0 Å². The molecule has 1 aliphatic rings. The maximum absolute atomic E-state index is 11.5. The summed E-state index contributed by atoms with van der Waals surface area (Å²) in [6.45, 7) is 6.54. The van der Waals surface area contributed by atoms with Gasteiger partial charge in [0.1, 0.15) is 0 Å². The Labute approximate surface area is 69.8 Å². The van der Waals surface area contributed by atoms with Gasteiger partial charge in [-0.05, 0) is 30.6 Å². The van der Waals surface area contributed by atoms with Crippen LogP contribution in [0.2, 0.25) is 0 Å². The van der Waals surface area contributed by atoms with Gasteiger partial charge in [0.2, 0.25) is 0 Å². The van der Waals surface area contributed by atoms with Crippen molar-refractivity contribution >= 4 is 0 Å². The molecule has 0 N–H and O–H groups in total. The van der Waals surface area contributed by atoms with Crippen molar-refractivity contribution in [1.29, 1.82) is 0 Å². The zero-order valence-electron chi connectivity index (χ0n) is 7.84. The fourth-order valence-electron chi connectivity index (χ4n) is 2.11. The maximum Gasteiger partial charge on any atom is 0.0963 e. The van der Waals surface area contributed by atoms with Gasteiger partial charge < -0.3 is 0 Å². The van der Waals surface area contributed by atoms with Gasteiger partial charge in [-0.25, -0.2) is 5.11 Å². The van der Waals surface area contributed by atoms with E-state index in [4.69, 9.17) is 0 Å². The summed E-state index contributed by atoms with van der Waals surface area (Å²) in [5.74, 6) is 1.71. The Morgan fingerprint density at radius 2 is 1.91 bits per heavy atom. The van der Waals surface area contributed by atoms with Crippen LogP contribution in [0.25, 0.3) is 0 Å². The van der Waals surface area contributed by atoms with E-state index in [2.05, 4.69) is 20.8 Å². The van der Waals surface area contributed by atoms with Gasteiger partial charge >= 0.3 is 0 Å². The second-order valence-corrected chi connectivity index (χ2v) is 4.36. The lowest BCUT2D eigenvalue weighted by atomic mass is 9.75. The first-order valence-corrected chi connectivity index (χ1v) is 4.77. The van der Waals surface area contributed by atoms with Crippen molar-refractivity contribution in [3.8, 4) is 0 Å². The zero-order chi connectivity index (χ0) is 8.43. The lowest BCUT2D eigenvalue weighted by Crippen LogP contribution is -2.30. The summed E-state index contributed by atoms with van der Waals surface area (Å²) >= 11 is 0. The van der Waals surface area contributed by atoms with Crippen LogP contribution < -0.4 is 0 Å². The Hall–Kier alpha value is -0.0400. The van der Waals surface area contributed by atoms with Crippen LogP contribution in [-0.2, 0) is 5.11 Å². The third-order valence-corrected chi connectivity index (χ3v) is 2.96. The lowest BCUT2D eigenvalue weighted by Gasteiger charge is -2.32. The van der Waals surface area contributed by atoms with Crippen molar-refractivity contribution in [2.75, 3.05) is 0 Å². The molecule has 0 aromatic rings. The van der Waals surface area contributed by atoms with Crippen LogP contribution in [0.5, 0.6) is 0 Å². The molecule has 0 amide bonds. The Balaban J connectivity index is 2.44. The lowest BCUT2D eigenvalue weighted by molar-refractivity contribution is -0.0246. The molecule has 1 fully saturated rings. The van der Waals surface area contributed by atoms with Crippen LogP contribution in [0.4, 0.5) is 0 Å². The molecule has 1 saturated carbocycles. The monoisotopic (exact) mass is 155 g/mol. The van der Waals surface area contributed by atoms with Crippen LogP contribution in [0.3, 0.4) is 0 Å². The predicted octanol–water partition coefficient (Wildman–Crippen LogP) is 2.88. The fourth-order valence-corrected chi connectivity index (χ4v) is 2.11. The largest absolute Gasteiger partial charge is 0.233 e. The molecule has 1 aliphatic carbocycles. The van der Waals surface area contributed by atoms with Gasteiger partial charge in [0, 0.05) is 0 Å². The van der Waals surface area contributed by atoms with Crippen molar-refractivity contribution in [3.63, 3.8) is 0 Å². The molecule has 1 heteroatoms. The van der Waals surface area contributed by atoms with E-state index in [1.807, 2.05) is 0 Å². The van der Waals surface area contributed by atoms with E-state index in [-0.39, 0.29) is 6.10 Å². The molecule has 3 atom stereocenters. The highest BCUT2D eigenvalue weighted by Gasteiger charge is 2.29. The average Bonchev–Trinajstić information content (AvgIpc) is 1.85. The van der Waals surface area contributed by atoms with Crippen LogP contribution in [-0.4, -0.2) is 6.10 Å². The number of hydrogen-bond donors (Lipinski definition) is 0. The molecule has 0 bridgehead atoms. The second kappa shape index (κ2) is 3.57. The average molecular weight is 155 g/mol. The van der Waals surface area contributed by atoms with Crippen molar-refractivity contribution in [3.05, 3.63) is 0 Å². The van der Waals surface area contributed by atoms with E-state index in [0.717, 1.165) is 12.8 Å². The highest BCUT2D eigenvalue weighted by molar-refractivity contribution is 4.79.